The van der Waals surface area contributed by atoms with Crippen LogP contribution in [0, 0.1) is 0 Å². The summed E-state index contributed by atoms with van der Waals surface area (Å²) in [7, 11) is 3.88. The van der Waals surface area contributed by atoms with Crippen molar-refractivity contribution in [2.75, 3.05) is 25.6 Å². The highest BCUT2D eigenvalue weighted by Gasteiger charge is 2.39. The lowest BCUT2D eigenvalue weighted by atomic mass is 9.77. The lowest BCUT2D eigenvalue weighted by Gasteiger charge is -2.31. The first-order chi connectivity index (χ1) is 11.6. The van der Waals surface area contributed by atoms with Gasteiger partial charge in [-0.05, 0) is 29.5 Å². The van der Waals surface area contributed by atoms with Crippen molar-refractivity contribution in [2.45, 2.75) is 24.8 Å². The Hall–Kier alpha value is -2.63. The molecule has 6 nitrogen and oxygen atoms in total. The maximum absolute atomic E-state index is 5.73. The molecule has 6 heteroatoms. The van der Waals surface area contributed by atoms with Crippen LogP contribution in [-0.4, -0.2) is 42.2 Å². The minimum Gasteiger partial charge on any atom is -0.463 e. The van der Waals surface area contributed by atoms with Crippen molar-refractivity contribution in [3.63, 3.8) is 0 Å². The molecular weight excluding hydrogens is 302 g/mol. The Bertz CT molecular complexity index is 800. The van der Waals surface area contributed by atoms with Gasteiger partial charge in [0.1, 0.15) is 12.1 Å². The molecule has 124 valence electrons. The Morgan fingerprint density at radius 3 is 2.67 bits per heavy atom. The number of aliphatic imine (C=N–C) groups is 1. The monoisotopic (exact) mass is 323 g/mol. The predicted octanol–water partition coefficient (Wildman–Crippen LogP) is 1.78. The molecule has 0 bridgehead atoms. The van der Waals surface area contributed by atoms with Gasteiger partial charge in [0.25, 0.3) is 6.02 Å². The zero-order valence-corrected chi connectivity index (χ0v) is 14.0. The number of fused-ring (bicyclic) bond motifs is 1. The second-order valence-corrected chi connectivity index (χ2v) is 6.75. The number of benzene rings is 1. The van der Waals surface area contributed by atoms with Crippen LogP contribution in [0.25, 0.3) is 11.1 Å². The average Bonchev–Trinajstić information content (AvgIpc) is 2.94. The van der Waals surface area contributed by atoms with E-state index in [4.69, 9.17) is 10.5 Å². The van der Waals surface area contributed by atoms with Crippen molar-refractivity contribution in [3.05, 3.63) is 41.7 Å². The second-order valence-electron chi connectivity index (χ2n) is 6.75. The van der Waals surface area contributed by atoms with E-state index in [1.54, 1.807) is 0 Å². The van der Waals surface area contributed by atoms with Crippen LogP contribution in [0.5, 0.6) is 0 Å². The zero-order chi connectivity index (χ0) is 16.7. The summed E-state index contributed by atoms with van der Waals surface area (Å²) >= 11 is 0. The van der Waals surface area contributed by atoms with E-state index in [1.165, 1.54) is 16.7 Å². The molecule has 2 aliphatic rings. The fourth-order valence-electron chi connectivity index (χ4n) is 3.58. The molecule has 1 aliphatic carbocycles. The average molecular weight is 323 g/mol. The molecule has 2 aromatic rings. The number of anilines is 1. The third-order valence-corrected chi connectivity index (χ3v) is 4.82. The Morgan fingerprint density at radius 2 is 2.00 bits per heavy atom. The second kappa shape index (κ2) is 5.47. The molecule has 0 radical (unpaired) electrons. The summed E-state index contributed by atoms with van der Waals surface area (Å²) in [5, 5.41) is 0. The van der Waals surface area contributed by atoms with Crippen molar-refractivity contribution in [1.82, 2.24) is 9.97 Å². The van der Waals surface area contributed by atoms with E-state index in [9.17, 15) is 0 Å². The molecule has 1 aromatic heterocycles. The van der Waals surface area contributed by atoms with Crippen molar-refractivity contribution >= 4 is 12.0 Å². The van der Waals surface area contributed by atoms with Crippen molar-refractivity contribution in [1.29, 1.82) is 0 Å². The number of aromatic nitrogens is 2. The normalized spacial score (nSPS) is 22.0. The van der Waals surface area contributed by atoms with Crippen LogP contribution in [0.1, 0.15) is 17.5 Å². The largest absolute Gasteiger partial charge is 0.463 e. The molecule has 0 saturated heterocycles. The number of hydrogen-bond donors (Lipinski definition) is 1. The summed E-state index contributed by atoms with van der Waals surface area (Å²) in [6.07, 6.45) is 6.58. The van der Waals surface area contributed by atoms with Crippen molar-refractivity contribution in [2.24, 2.45) is 10.7 Å². The highest BCUT2D eigenvalue weighted by Crippen LogP contribution is 2.38. The van der Waals surface area contributed by atoms with Gasteiger partial charge in [-0.2, -0.15) is 0 Å². The molecule has 1 atom stereocenters. The number of ether oxygens (including phenoxy) is 1. The van der Waals surface area contributed by atoms with E-state index in [-0.39, 0.29) is 5.54 Å². The Morgan fingerprint density at radius 1 is 1.21 bits per heavy atom. The lowest BCUT2D eigenvalue weighted by molar-refractivity contribution is 0.235. The van der Waals surface area contributed by atoms with E-state index >= 15 is 0 Å². The number of amidine groups is 1. The number of hydrogen-bond acceptors (Lipinski definition) is 6. The van der Waals surface area contributed by atoms with Crippen LogP contribution in [0.3, 0.4) is 0 Å². The summed E-state index contributed by atoms with van der Waals surface area (Å²) < 4.78 is 5.41. The molecule has 1 aromatic carbocycles. The highest BCUT2D eigenvalue weighted by molar-refractivity contribution is 5.74. The third-order valence-electron chi connectivity index (χ3n) is 4.82. The molecule has 1 spiro atoms. The van der Waals surface area contributed by atoms with Crippen LogP contribution in [-0.2, 0) is 17.6 Å². The quantitative estimate of drug-likeness (QED) is 0.911. The van der Waals surface area contributed by atoms with Gasteiger partial charge in [0.2, 0.25) is 5.95 Å². The highest BCUT2D eigenvalue weighted by atomic mass is 16.5. The van der Waals surface area contributed by atoms with Crippen LogP contribution in [0.15, 0.2) is 35.6 Å². The summed E-state index contributed by atoms with van der Waals surface area (Å²) in [5.41, 5.74) is 10.5. The van der Waals surface area contributed by atoms with Gasteiger partial charge in [-0.1, -0.05) is 18.2 Å². The first-order valence-electron chi connectivity index (χ1n) is 8.15. The molecule has 1 unspecified atom stereocenters. The Balaban J connectivity index is 1.69. The van der Waals surface area contributed by atoms with Crippen LogP contribution in [0.2, 0.25) is 0 Å². The van der Waals surface area contributed by atoms with Gasteiger partial charge in [-0.3, -0.25) is 0 Å². The maximum atomic E-state index is 5.73. The van der Waals surface area contributed by atoms with E-state index in [0.717, 1.165) is 30.8 Å². The van der Waals surface area contributed by atoms with Crippen LogP contribution in [0.4, 0.5) is 5.95 Å². The van der Waals surface area contributed by atoms with Gasteiger partial charge in [0.15, 0.2) is 0 Å². The summed E-state index contributed by atoms with van der Waals surface area (Å²) in [5.74, 6) is 0.718. The summed E-state index contributed by atoms with van der Waals surface area (Å²) in [6.45, 7) is 0.586. The standard InChI is InChI=1S/C18H21N5O/c1-23(2)17-20-9-13(10-21-17)14-5-3-4-12-8-18(7-6-15(12)14)11-24-16(19)22-18/h3-5,9-10H,6-8,11H2,1-2H3,(H2,19,22). The topological polar surface area (TPSA) is 76.6 Å². The van der Waals surface area contributed by atoms with Crippen molar-refractivity contribution in [3.8, 4) is 11.1 Å². The smallest absolute Gasteiger partial charge is 0.282 e. The molecule has 24 heavy (non-hydrogen) atoms. The van der Waals surface area contributed by atoms with Gasteiger partial charge in [-0.15, -0.1) is 0 Å². The summed E-state index contributed by atoms with van der Waals surface area (Å²) in [4.78, 5) is 15.3. The minimum absolute atomic E-state index is 0.180. The summed E-state index contributed by atoms with van der Waals surface area (Å²) in [6, 6.07) is 6.74. The van der Waals surface area contributed by atoms with Gasteiger partial charge in [-0.25, -0.2) is 15.0 Å². The molecule has 0 saturated carbocycles. The number of nitrogens with two attached hydrogens (primary N) is 1. The van der Waals surface area contributed by atoms with Gasteiger partial charge in [0, 0.05) is 38.5 Å². The molecule has 2 N–H and O–H groups in total. The van der Waals surface area contributed by atoms with Gasteiger partial charge >= 0.3 is 0 Å². The van der Waals surface area contributed by atoms with Gasteiger partial charge in [0.05, 0.1) is 0 Å². The molecule has 1 aliphatic heterocycles. The van der Waals surface area contributed by atoms with Gasteiger partial charge < -0.3 is 15.4 Å². The van der Waals surface area contributed by atoms with E-state index in [2.05, 4.69) is 33.2 Å². The maximum Gasteiger partial charge on any atom is 0.282 e. The van der Waals surface area contributed by atoms with E-state index in [0.29, 0.717) is 12.6 Å². The number of rotatable bonds is 2. The Kier molecular flexibility index (Phi) is 3.40. The first kappa shape index (κ1) is 14.9. The zero-order valence-electron chi connectivity index (χ0n) is 14.0. The lowest BCUT2D eigenvalue weighted by Crippen LogP contribution is -2.35. The predicted molar refractivity (Wildman–Crippen MR) is 94.1 cm³/mol. The fourth-order valence-corrected chi connectivity index (χ4v) is 3.58. The molecule has 4 rings (SSSR count). The number of nitrogens with zero attached hydrogens (tertiary/aromatic N) is 4. The first-order valence-corrected chi connectivity index (χ1v) is 8.15. The Labute approximate surface area is 141 Å². The van der Waals surface area contributed by atoms with Crippen LogP contribution < -0.4 is 10.6 Å². The fraction of sp³-hybridized carbons (Fsp3) is 0.389. The van der Waals surface area contributed by atoms with Crippen molar-refractivity contribution < 1.29 is 4.74 Å². The van der Waals surface area contributed by atoms with E-state index in [1.807, 2.05) is 31.4 Å². The molecule has 2 heterocycles. The molecule has 0 amide bonds. The van der Waals surface area contributed by atoms with Crippen LogP contribution >= 0.6 is 0 Å². The molecular formula is C18H21N5O. The minimum atomic E-state index is -0.180. The molecule has 0 fully saturated rings. The third kappa shape index (κ3) is 2.48. The SMILES string of the molecule is CN(C)c1ncc(-c2cccc3c2CCC2(COC(N)=N2)C3)cn1. The van der Waals surface area contributed by atoms with E-state index < -0.39 is 0 Å².